The lowest BCUT2D eigenvalue weighted by Crippen LogP contribution is -2.23. The fourth-order valence-electron chi connectivity index (χ4n) is 3.19. The molecule has 1 aliphatic carbocycles. The Bertz CT molecular complexity index is 1130. The lowest BCUT2D eigenvalue weighted by atomic mass is 9.81. The van der Waals surface area contributed by atoms with Gasteiger partial charge in [0.1, 0.15) is 12.4 Å². The van der Waals surface area contributed by atoms with Crippen LogP contribution in [0.3, 0.4) is 0 Å². The van der Waals surface area contributed by atoms with E-state index in [-0.39, 0.29) is 40.6 Å². The van der Waals surface area contributed by atoms with Crippen LogP contribution in [0.25, 0.3) is 0 Å². The van der Waals surface area contributed by atoms with E-state index in [2.05, 4.69) is 15.9 Å². The van der Waals surface area contributed by atoms with Gasteiger partial charge >= 0.3 is 0 Å². The minimum absolute atomic E-state index is 0.104. The van der Waals surface area contributed by atoms with Crippen molar-refractivity contribution in [3.63, 3.8) is 0 Å². The molecular formula is C22H12BrNO3. The van der Waals surface area contributed by atoms with Crippen LogP contribution in [0.15, 0.2) is 65.1 Å². The number of hydrogen-bond donors (Lipinski definition) is 0. The fourth-order valence-corrected chi connectivity index (χ4v) is 3.73. The van der Waals surface area contributed by atoms with Gasteiger partial charge < -0.3 is 4.74 Å². The number of rotatable bonds is 3. The van der Waals surface area contributed by atoms with Gasteiger partial charge in [-0.3, -0.25) is 9.59 Å². The first-order chi connectivity index (χ1) is 13.1. The normalized spacial score (nSPS) is 12.1. The lowest BCUT2D eigenvalue weighted by molar-refractivity contribution is 0.0975. The molecule has 27 heavy (non-hydrogen) atoms. The summed E-state index contributed by atoms with van der Waals surface area (Å²) in [6, 6.07) is 19.7. The largest absolute Gasteiger partial charge is 0.487 e. The fraction of sp³-hybridized carbons (Fsp3) is 0.0455. The third kappa shape index (κ3) is 2.84. The Hall–Kier alpha value is -3.23. The molecule has 0 unspecified atom stereocenters. The Morgan fingerprint density at radius 3 is 2.11 bits per heavy atom. The Kier molecular flexibility index (Phi) is 4.35. The second-order valence-corrected chi connectivity index (χ2v) is 6.93. The van der Waals surface area contributed by atoms with Crippen molar-refractivity contribution >= 4 is 27.5 Å². The number of carbonyl (C=O) groups is 2. The Morgan fingerprint density at radius 2 is 1.48 bits per heavy atom. The summed E-state index contributed by atoms with van der Waals surface area (Å²) in [6.07, 6.45) is 0. The Morgan fingerprint density at radius 1 is 0.889 bits per heavy atom. The topological polar surface area (TPSA) is 67.2 Å². The summed E-state index contributed by atoms with van der Waals surface area (Å²) in [6.45, 7) is 0.237. The molecule has 5 heteroatoms. The second kappa shape index (κ2) is 6.82. The van der Waals surface area contributed by atoms with Crippen molar-refractivity contribution in [2.45, 2.75) is 6.61 Å². The van der Waals surface area contributed by atoms with Crippen LogP contribution in [0.2, 0.25) is 0 Å². The number of hydrogen-bond acceptors (Lipinski definition) is 4. The zero-order valence-electron chi connectivity index (χ0n) is 14.0. The smallest absolute Gasteiger partial charge is 0.198 e. The van der Waals surface area contributed by atoms with E-state index in [4.69, 9.17) is 4.74 Å². The van der Waals surface area contributed by atoms with Crippen molar-refractivity contribution in [1.82, 2.24) is 0 Å². The minimum Gasteiger partial charge on any atom is -0.487 e. The van der Waals surface area contributed by atoms with Gasteiger partial charge in [0.15, 0.2) is 11.6 Å². The lowest BCUT2D eigenvalue weighted by Gasteiger charge is -2.22. The molecule has 0 fully saturated rings. The highest BCUT2D eigenvalue weighted by Gasteiger charge is 2.35. The van der Waals surface area contributed by atoms with Crippen molar-refractivity contribution in [3.05, 3.63) is 98.5 Å². The van der Waals surface area contributed by atoms with Crippen molar-refractivity contribution in [2.75, 3.05) is 0 Å². The van der Waals surface area contributed by atoms with Crippen molar-refractivity contribution in [2.24, 2.45) is 0 Å². The molecular weight excluding hydrogens is 406 g/mol. The molecule has 0 aliphatic heterocycles. The average molecular weight is 418 g/mol. The predicted molar refractivity (Wildman–Crippen MR) is 103 cm³/mol. The maximum atomic E-state index is 13.1. The summed E-state index contributed by atoms with van der Waals surface area (Å²) in [5.74, 6) is -0.379. The number of nitriles is 1. The summed E-state index contributed by atoms with van der Waals surface area (Å²) in [7, 11) is 0. The maximum absolute atomic E-state index is 13.1. The van der Waals surface area contributed by atoms with Gasteiger partial charge in [0, 0.05) is 11.1 Å². The van der Waals surface area contributed by atoms with Crippen LogP contribution in [0.5, 0.6) is 5.75 Å². The molecule has 0 radical (unpaired) electrons. The predicted octanol–water partition coefficient (Wildman–Crippen LogP) is 4.68. The van der Waals surface area contributed by atoms with E-state index in [1.54, 1.807) is 24.3 Å². The molecule has 4 nitrogen and oxygen atoms in total. The van der Waals surface area contributed by atoms with Crippen molar-refractivity contribution in [3.8, 4) is 11.8 Å². The molecule has 0 saturated heterocycles. The SMILES string of the molecule is N#Cc1cc(Br)c(OCc2ccccc2)c2c1C(=O)c1ccccc1C2=O. The molecule has 0 N–H and O–H groups in total. The summed E-state index contributed by atoms with van der Waals surface area (Å²) in [5, 5.41) is 9.49. The highest BCUT2D eigenvalue weighted by molar-refractivity contribution is 9.10. The first kappa shape index (κ1) is 17.2. The van der Waals surface area contributed by atoms with Crippen LogP contribution >= 0.6 is 15.9 Å². The third-order valence-corrected chi connectivity index (χ3v) is 5.04. The summed E-state index contributed by atoms with van der Waals surface area (Å²) < 4.78 is 6.39. The summed E-state index contributed by atoms with van der Waals surface area (Å²) in [4.78, 5) is 26.1. The molecule has 0 heterocycles. The number of benzene rings is 3. The van der Waals surface area contributed by atoms with Gasteiger partial charge in [0.25, 0.3) is 0 Å². The van der Waals surface area contributed by atoms with Crippen LogP contribution in [-0.4, -0.2) is 11.6 Å². The van der Waals surface area contributed by atoms with Gasteiger partial charge in [-0.1, -0.05) is 54.6 Å². The van der Waals surface area contributed by atoms with E-state index < -0.39 is 0 Å². The van der Waals surface area contributed by atoms with Crippen LogP contribution < -0.4 is 4.74 Å². The first-order valence-corrected chi connectivity index (χ1v) is 9.03. The van der Waals surface area contributed by atoms with Crippen LogP contribution in [0.1, 0.15) is 43.0 Å². The minimum atomic E-state index is -0.339. The molecule has 1 aliphatic rings. The Balaban J connectivity index is 1.88. The van der Waals surface area contributed by atoms with Crippen LogP contribution in [0, 0.1) is 11.3 Å². The number of ketones is 2. The molecule has 0 saturated carbocycles. The standard InChI is InChI=1S/C22H12BrNO3/c23-17-10-14(11-24)18-19(22(17)27-12-13-6-2-1-3-7-13)21(26)16-9-5-4-8-15(16)20(18)25/h1-10H,12H2. The van der Waals surface area contributed by atoms with Gasteiger partial charge in [0.2, 0.25) is 0 Å². The van der Waals surface area contributed by atoms with E-state index in [1.807, 2.05) is 36.4 Å². The second-order valence-electron chi connectivity index (χ2n) is 6.07. The number of fused-ring (bicyclic) bond motifs is 2. The molecule has 0 amide bonds. The van der Waals surface area contributed by atoms with Crippen molar-refractivity contribution < 1.29 is 14.3 Å². The average Bonchev–Trinajstić information content (AvgIpc) is 2.71. The van der Waals surface area contributed by atoms with Crippen LogP contribution in [-0.2, 0) is 6.61 Å². The zero-order valence-corrected chi connectivity index (χ0v) is 15.6. The van der Waals surface area contributed by atoms with Crippen molar-refractivity contribution in [1.29, 1.82) is 5.26 Å². The van der Waals surface area contributed by atoms with E-state index in [1.165, 1.54) is 6.07 Å². The van der Waals surface area contributed by atoms with Gasteiger partial charge in [-0.15, -0.1) is 0 Å². The van der Waals surface area contributed by atoms with Gasteiger partial charge in [-0.25, -0.2) is 0 Å². The monoisotopic (exact) mass is 417 g/mol. The molecule has 4 rings (SSSR count). The highest BCUT2D eigenvalue weighted by atomic mass is 79.9. The number of halogens is 1. The number of ether oxygens (including phenoxy) is 1. The molecule has 3 aromatic rings. The quantitative estimate of drug-likeness (QED) is 0.485. The third-order valence-electron chi connectivity index (χ3n) is 4.45. The molecule has 0 aromatic heterocycles. The molecule has 0 bridgehead atoms. The first-order valence-electron chi connectivity index (χ1n) is 8.23. The zero-order chi connectivity index (χ0) is 19.0. The van der Waals surface area contributed by atoms with E-state index in [9.17, 15) is 14.9 Å². The van der Waals surface area contributed by atoms with Gasteiger partial charge in [0.05, 0.1) is 27.2 Å². The van der Waals surface area contributed by atoms with E-state index >= 15 is 0 Å². The number of carbonyl (C=O) groups excluding carboxylic acids is 2. The molecule has 0 atom stereocenters. The number of nitrogens with zero attached hydrogens (tertiary/aromatic N) is 1. The summed E-state index contributed by atoms with van der Waals surface area (Å²) >= 11 is 3.39. The van der Waals surface area contributed by atoms with E-state index in [0.29, 0.717) is 15.6 Å². The van der Waals surface area contributed by atoms with Crippen LogP contribution in [0.4, 0.5) is 0 Å². The highest BCUT2D eigenvalue weighted by Crippen LogP contribution is 2.40. The molecule has 130 valence electrons. The molecule has 0 spiro atoms. The van der Waals surface area contributed by atoms with Gasteiger partial charge in [-0.2, -0.15) is 5.26 Å². The molecule has 3 aromatic carbocycles. The summed E-state index contributed by atoms with van der Waals surface area (Å²) in [5.41, 5.74) is 1.95. The van der Waals surface area contributed by atoms with Gasteiger partial charge in [-0.05, 0) is 27.6 Å². The Labute approximate surface area is 164 Å². The van der Waals surface area contributed by atoms with E-state index in [0.717, 1.165) is 5.56 Å². The maximum Gasteiger partial charge on any atom is 0.198 e.